The van der Waals surface area contributed by atoms with Gasteiger partial charge in [0.2, 0.25) is 0 Å². The Balaban J connectivity index is 0.00000289. The van der Waals surface area contributed by atoms with Crippen molar-refractivity contribution in [3.63, 3.8) is 0 Å². The fourth-order valence-electron chi connectivity index (χ4n) is 3.88. The summed E-state index contributed by atoms with van der Waals surface area (Å²) in [5.41, 5.74) is 5.64. The van der Waals surface area contributed by atoms with Crippen LogP contribution >= 0.6 is 12.4 Å². The van der Waals surface area contributed by atoms with Crippen molar-refractivity contribution in [1.82, 2.24) is 5.32 Å². The maximum atomic E-state index is 14.3. The van der Waals surface area contributed by atoms with Crippen LogP contribution in [0, 0.1) is 5.82 Å². The average Bonchev–Trinajstić information content (AvgIpc) is 2.90. The van der Waals surface area contributed by atoms with Gasteiger partial charge in [0, 0.05) is 18.6 Å². The standard InChI is InChI=1S/C21H19F4N3O3.ClH/c1-29-10-8-14(30-2)16-15(9-10)31-7-6-12-18(27-20(26)28-19(12)16)11-4-3-5-13(22)17(11)21(23,24)25;/h3-5,8-9,18H,6-7H2,1-2H3,(H3,26,27,28);1H. The fraction of sp³-hybridized carbons (Fsp3) is 0.286. The van der Waals surface area contributed by atoms with Gasteiger partial charge in [-0.25, -0.2) is 9.38 Å². The van der Waals surface area contributed by atoms with Gasteiger partial charge in [0.05, 0.1) is 37.7 Å². The molecule has 2 aliphatic heterocycles. The zero-order valence-electron chi connectivity index (χ0n) is 17.0. The maximum absolute atomic E-state index is 14.3. The van der Waals surface area contributed by atoms with Crippen molar-refractivity contribution in [2.45, 2.75) is 18.6 Å². The number of ether oxygens (including phenoxy) is 3. The van der Waals surface area contributed by atoms with Crippen molar-refractivity contribution in [3.8, 4) is 17.2 Å². The quantitative estimate of drug-likeness (QED) is 0.645. The Morgan fingerprint density at radius 1 is 1.19 bits per heavy atom. The zero-order chi connectivity index (χ0) is 22.3. The molecule has 2 aromatic carbocycles. The lowest BCUT2D eigenvalue weighted by Crippen LogP contribution is -2.36. The van der Waals surface area contributed by atoms with Crippen LogP contribution in [-0.4, -0.2) is 26.8 Å². The van der Waals surface area contributed by atoms with Crippen LogP contribution in [0.5, 0.6) is 17.2 Å². The van der Waals surface area contributed by atoms with Gasteiger partial charge >= 0.3 is 6.18 Å². The number of nitrogens with two attached hydrogens (primary N) is 1. The van der Waals surface area contributed by atoms with Crippen LogP contribution in [0.15, 0.2) is 40.9 Å². The number of methoxy groups -OCH3 is 2. The van der Waals surface area contributed by atoms with Gasteiger partial charge in [-0.1, -0.05) is 12.1 Å². The molecule has 0 amide bonds. The Bertz CT molecular complexity index is 1100. The minimum atomic E-state index is -4.90. The van der Waals surface area contributed by atoms with Gasteiger partial charge in [-0.05, 0) is 17.2 Å². The molecule has 0 aliphatic carbocycles. The summed E-state index contributed by atoms with van der Waals surface area (Å²) in [5.74, 6) is -0.200. The summed E-state index contributed by atoms with van der Waals surface area (Å²) in [6.45, 7) is 0.159. The van der Waals surface area contributed by atoms with Crippen LogP contribution in [0.4, 0.5) is 17.6 Å². The Labute approximate surface area is 187 Å². The van der Waals surface area contributed by atoms with Crippen molar-refractivity contribution in [3.05, 3.63) is 58.4 Å². The number of guanidine groups is 1. The van der Waals surface area contributed by atoms with E-state index in [2.05, 4.69) is 10.3 Å². The number of fused-ring (bicyclic) bond motifs is 2. The summed E-state index contributed by atoms with van der Waals surface area (Å²) < 4.78 is 71.9. The van der Waals surface area contributed by atoms with Crippen molar-refractivity contribution in [1.29, 1.82) is 0 Å². The van der Waals surface area contributed by atoms with E-state index < -0.39 is 23.6 Å². The monoisotopic (exact) mass is 473 g/mol. The molecule has 6 nitrogen and oxygen atoms in total. The molecule has 2 aliphatic rings. The van der Waals surface area contributed by atoms with Crippen LogP contribution in [0.1, 0.15) is 29.2 Å². The Hall–Kier alpha value is -3.14. The SMILES string of the molecule is COc1cc(OC)c2c(c1)OCCC1=C2NC(N)=NC1c1cccc(F)c1C(F)(F)F.Cl. The number of hydrogen-bond donors (Lipinski definition) is 2. The van der Waals surface area contributed by atoms with E-state index in [1.54, 1.807) is 12.1 Å². The second-order valence-corrected chi connectivity index (χ2v) is 6.95. The van der Waals surface area contributed by atoms with Crippen LogP contribution in [0.25, 0.3) is 5.70 Å². The zero-order valence-corrected chi connectivity index (χ0v) is 17.9. The average molecular weight is 474 g/mol. The van der Waals surface area contributed by atoms with E-state index in [-0.39, 0.29) is 37.0 Å². The van der Waals surface area contributed by atoms with Crippen molar-refractivity contribution < 1.29 is 31.8 Å². The van der Waals surface area contributed by atoms with Gasteiger partial charge in [0.1, 0.15) is 29.1 Å². The highest BCUT2D eigenvalue weighted by atomic mass is 35.5. The molecule has 0 radical (unpaired) electrons. The summed E-state index contributed by atoms with van der Waals surface area (Å²) in [4.78, 5) is 4.19. The second-order valence-electron chi connectivity index (χ2n) is 6.95. The summed E-state index contributed by atoms with van der Waals surface area (Å²) >= 11 is 0. The molecular formula is C21H20ClF4N3O3. The maximum Gasteiger partial charge on any atom is 0.419 e. The Morgan fingerprint density at radius 2 is 1.94 bits per heavy atom. The predicted octanol–water partition coefficient (Wildman–Crippen LogP) is 4.44. The number of benzene rings is 2. The third kappa shape index (κ3) is 4.02. The molecule has 2 heterocycles. The molecular weight excluding hydrogens is 454 g/mol. The Morgan fingerprint density at radius 3 is 2.59 bits per heavy atom. The first-order chi connectivity index (χ1) is 14.7. The van der Waals surface area contributed by atoms with Gasteiger partial charge in [0.15, 0.2) is 5.96 Å². The lowest BCUT2D eigenvalue weighted by Gasteiger charge is -2.28. The Kier molecular flexibility index (Phi) is 6.45. The van der Waals surface area contributed by atoms with E-state index in [1.807, 2.05) is 0 Å². The molecule has 0 bridgehead atoms. The van der Waals surface area contributed by atoms with Gasteiger partial charge in [-0.3, -0.25) is 0 Å². The molecule has 172 valence electrons. The fourth-order valence-corrected chi connectivity index (χ4v) is 3.88. The smallest absolute Gasteiger partial charge is 0.419 e. The number of alkyl halides is 3. The molecule has 1 atom stereocenters. The lowest BCUT2D eigenvalue weighted by molar-refractivity contribution is -0.140. The van der Waals surface area contributed by atoms with E-state index in [1.165, 1.54) is 26.4 Å². The highest BCUT2D eigenvalue weighted by Gasteiger charge is 2.41. The third-order valence-electron chi connectivity index (χ3n) is 5.17. The number of nitrogens with one attached hydrogen (secondary N) is 1. The van der Waals surface area contributed by atoms with E-state index >= 15 is 0 Å². The van der Waals surface area contributed by atoms with E-state index in [9.17, 15) is 17.6 Å². The summed E-state index contributed by atoms with van der Waals surface area (Å²) in [6.07, 6.45) is -4.67. The summed E-state index contributed by atoms with van der Waals surface area (Å²) in [5, 5.41) is 2.93. The molecule has 2 aromatic rings. The van der Waals surface area contributed by atoms with Gasteiger partial charge in [-0.15, -0.1) is 12.4 Å². The molecule has 0 saturated heterocycles. The van der Waals surface area contributed by atoms with Crippen LogP contribution in [0.2, 0.25) is 0 Å². The second kappa shape index (κ2) is 8.78. The molecule has 1 unspecified atom stereocenters. The van der Waals surface area contributed by atoms with Crippen molar-refractivity contribution in [2.24, 2.45) is 10.7 Å². The highest BCUT2D eigenvalue weighted by molar-refractivity contribution is 5.94. The molecule has 0 saturated carbocycles. The molecule has 3 N–H and O–H groups in total. The van der Waals surface area contributed by atoms with Crippen LogP contribution in [0.3, 0.4) is 0 Å². The summed E-state index contributed by atoms with van der Waals surface area (Å²) in [7, 11) is 2.94. The van der Waals surface area contributed by atoms with Crippen LogP contribution in [-0.2, 0) is 6.18 Å². The predicted molar refractivity (Wildman–Crippen MR) is 113 cm³/mol. The number of aliphatic imine (C=N–C) groups is 1. The first-order valence-corrected chi connectivity index (χ1v) is 9.32. The highest BCUT2D eigenvalue weighted by Crippen LogP contribution is 2.47. The van der Waals surface area contributed by atoms with Crippen LogP contribution < -0.4 is 25.3 Å². The number of halogens is 5. The number of nitrogens with zero attached hydrogens (tertiary/aromatic N) is 1. The largest absolute Gasteiger partial charge is 0.496 e. The first kappa shape index (κ1) is 23.5. The molecule has 32 heavy (non-hydrogen) atoms. The number of rotatable bonds is 3. The van der Waals surface area contributed by atoms with E-state index in [4.69, 9.17) is 19.9 Å². The molecule has 11 heteroatoms. The normalized spacial score (nSPS) is 17.6. The lowest BCUT2D eigenvalue weighted by atomic mass is 9.88. The van der Waals surface area contributed by atoms with E-state index in [0.29, 0.717) is 34.1 Å². The first-order valence-electron chi connectivity index (χ1n) is 9.32. The topological polar surface area (TPSA) is 78.1 Å². The van der Waals surface area contributed by atoms with Gasteiger partial charge < -0.3 is 25.3 Å². The van der Waals surface area contributed by atoms with E-state index in [0.717, 1.165) is 6.07 Å². The van der Waals surface area contributed by atoms with Crippen molar-refractivity contribution in [2.75, 3.05) is 20.8 Å². The van der Waals surface area contributed by atoms with Gasteiger partial charge in [-0.2, -0.15) is 13.2 Å². The molecule has 0 fully saturated rings. The molecule has 0 aromatic heterocycles. The van der Waals surface area contributed by atoms with Gasteiger partial charge in [0.25, 0.3) is 0 Å². The number of hydrogen-bond acceptors (Lipinski definition) is 6. The minimum Gasteiger partial charge on any atom is -0.496 e. The minimum absolute atomic E-state index is 0. The van der Waals surface area contributed by atoms with Crippen molar-refractivity contribution >= 4 is 24.1 Å². The molecule has 4 rings (SSSR count). The third-order valence-corrected chi connectivity index (χ3v) is 5.17. The summed E-state index contributed by atoms with van der Waals surface area (Å²) in [6, 6.07) is 5.33. The molecule has 0 spiro atoms.